The number of aliphatic hydroxyl groups excluding tert-OH is 1. The molecule has 124 valence electrons. The van der Waals surface area contributed by atoms with E-state index in [1.165, 1.54) is 14.2 Å². The fraction of sp³-hybridized carbons (Fsp3) is 0.263. The van der Waals surface area contributed by atoms with Crippen LogP contribution in [0.1, 0.15) is 38.6 Å². The monoisotopic (exact) mass is 326 g/mol. The lowest BCUT2D eigenvalue weighted by atomic mass is 9.90. The van der Waals surface area contributed by atoms with Crippen LogP contribution in [0.3, 0.4) is 0 Å². The van der Waals surface area contributed by atoms with Crippen LogP contribution in [-0.4, -0.2) is 37.0 Å². The number of Topliss-reactive ketones (excluding diaryl/α,β-unsaturated/α-hetero) is 2. The maximum Gasteiger partial charge on any atom is 0.195 e. The van der Waals surface area contributed by atoms with Crippen LogP contribution in [0.5, 0.6) is 11.5 Å². The van der Waals surface area contributed by atoms with Crippen molar-refractivity contribution in [1.82, 2.24) is 0 Å². The van der Waals surface area contributed by atoms with Gasteiger partial charge in [0.25, 0.3) is 0 Å². The molecule has 1 N–H and O–H groups in total. The number of rotatable bonds is 5. The third-order valence-corrected chi connectivity index (χ3v) is 4.39. The van der Waals surface area contributed by atoms with E-state index in [0.29, 0.717) is 28.2 Å². The first-order chi connectivity index (χ1) is 11.6. The molecule has 0 fully saturated rings. The Balaban J connectivity index is 1.93. The molecule has 24 heavy (non-hydrogen) atoms. The van der Waals surface area contributed by atoms with Gasteiger partial charge in [0.1, 0.15) is 17.6 Å². The van der Waals surface area contributed by atoms with Crippen LogP contribution in [0.2, 0.25) is 0 Å². The molecule has 0 spiro atoms. The van der Waals surface area contributed by atoms with Gasteiger partial charge in [-0.05, 0) is 29.8 Å². The number of carbonyl (C=O) groups is 2. The highest BCUT2D eigenvalue weighted by Gasteiger charge is 2.38. The van der Waals surface area contributed by atoms with Crippen molar-refractivity contribution in [3.8, 4) is 11.5 Å². The Hall–Kier alpha value is -2.66. The molecule has 0 bridgehead atoms. The molecule has 0 unspecified atom stereocenters. The summed E-state index contributed by atoms with van der Waals surface area (Å²) >= 11 is 0. The van der Waals surface area contributed by atoms with E-state index >= 15 is 0 Å². The van der Waals surface area contributed by atoms with Crippen LogP contribution in [0.4, 0.5) is 0 Å². The van der Waals surface area contributed by atoms with Gasteiger partial charge < -0.3 is 14.6 Å². The molecule has 0 aliphatic heterocycles. The van der Waals surface area contributed by atoms with E-state index < -0.39 is 17.8 Å². The minimum Gasteiger partial charge on any atom is -0.497 e. The van der Waals surface area contributed by atoms with Crippen molar-refractivity contribution in [2.45, 2.75) is 18.4 Å². The van der Waals surface area contributed by atoms with Gasteiger partial charge in [-0.3, -0.25) is 9.59 Å². The number of methoxy groups -OCH3 is 2. The van der Waals surface area contributed by atoms with Crippen molar-refractivity contribution in [2.75, 3.05) is 14.2 Å². The fourth-order valence-electron chi connectivity index (χ4n) is 3.12. The SMILES string of the molecule is COc1ccc2c(c1)C(=O)C[C@@H]2[C@@H](O)C(=O)c1ccccc1OC. The molecule has 0 saturated heterocycles. The van der Waals surface area contributed by atoms with Crippen LogP contribution >= 0.6 is 0 Å². The van der Waals surface area contributed by atoms with E-state index in [1.54, 1.807) is 42.5 Å². The Kier molecular flexibility index (Phi) is 4.36. The Bertz CT molecular complexity index is 796. The van der Waals surface area contributed by atoms with Gasteiger partial charge in [0, 0.05) is 17.9 Å². The highest BCUT2D eigenvalue weighted by Crippen LogP contribution is 2.38. The molecule has 1 aliphatic rings. The second kappa shape index (κ2) is 6.45. The molecular formula is C19H18O5. The van der Waals surface area contributed by atoms with Gasteiger partial charge in [-0.15, -0.1) is 0 Å². The molecule has 2 aromatic rings. The van der Waals surface area contributed by atoms with Crippen molar-refractivity contribution in [3.05, 3.63) is 59.2 Å². The normalized spacial score (nSPS) is 17.3. The van der Waals surface area contributed by atoms with Crippen molar-refractivity contribution in [3.63, 3.8) is 0 Å². The smallest absolute Gasteiger partial charge is 0.195 e. The van der Waals surface area contributed by atoms with Crippen LogP contribution in [-0.2, 0) is 0 Å². The van der Waals surface area contributed by atoms with Gasteiger partial charge in [-0.25, -0.2) is 0 Å². The van der Waals surface area contributed by atoms with Gasteiger partial charge >= 0.3 is 0 Å². The summed E-state index contributed by atoms with van der Waals surface area (Å²) < 4.78 is 10.3. The second-order valence-electron chi connectivity index (χ2n) is 5.70. The lowest BCUT2D eigenvalue weighted by Crippen LogP contribution is -2.27. The first-order valence-electron chi connectivity index (χ1n) is 7.63. The summed E-state index contributed by atoms with van der Waals surface area (Å²) in [6.07, 6.45) is -1.20. The standard InChI is InChI=1S/C19H18O5/c1-23-11-7-8-12-14(9-11)16(20)10-15(12)19(22)18(21)13-5-3-4-6-17(13)24-2/h3-9,15,19,22H,10H2,1-2H3/t15-,19+/m0/s1. The van der Waals surface area contributed by atoms with Gasteiger partial charge in [0.15, 0.2) is 11.6 Å². The van der Waals surface area contributed by atoms with Crippen molar-refractivity contribution in [1.29, 1.82) is 0 Å². The molecule has 5 nitrogen and oxygen atoms in total. The molecule has 0 heterocycles. The zero-order valence-corrected chi connectivity index (χ0v) is 13.5. The third-order valence-electron chi connectivity index (χ3n) is 4.39. The van der Waals surface area contributed by atoms with Crippen molar-refractivity contribution in [2.24, 2.45) is 0 Å². The molecular weight excluding hydrogens is 308 g/mol. The van der Waals surface area contributed by atoms with Crippen LogP contribution in [0, 0.1) is 0 Å². The summed E-state index contributed by atoms with van der Waals surface area (Å²) in [5, 5.41) is 10.6. The number of hydrogen-bond donors (Lipinski definition) is 1. The zero-order valence-electron chi connectivity index (χ0n) is 13.5. The summed E-state index contributed by atoms with van der Waals surface area (Å²) in [5.41, 5.74) is 1.49. The average Bonchev–Trinajstić information content (AvgIpc) is 2.96. The molecule has 2 atom stereocenters. The maximum atomic E-state index is 12.7. The number of aliphatic hydroxyl groups is 1. The molecule has 0 aromatic heterocycles. The minimum absolute atomic E-state index is 0.0965. The van der Waals surface area contributed by atoms with Crippen molar-refractivity contribution < 1.29 is 24.2 Å². The topological polar surface area (TPSA) is 72.8 Å². The molecule has 0 amide bonds. The number of benzene rings is 2. The number of ether oxygens (including phenoxy) is 2. The molecule has 5 heteroatoms. The number of ketones is 2. The largest absolute Gasteiger partial charge is 0.497 e. The van der Waals surface area contributed by atoms with Gasteiger partial charge in [0.2, 0.25) is 0 Å². The van der Waals surface area contributed by atoms with Gasteiger partial charge in [-0.1, -0.05) is 18.2 Å². The second-order valence-corrected chi connectivity index (χ2v) is 5.70. The van der Waals surface area contributed by atoms with E-state index in [9.17, 15) is 14.7 Å². The molecule has 0 saturated carbocycles. The Morgan fingerprint density at radius 1 is 1.17 bits per heavy atom. The lowest BCUT2D eigenvalue weighted by Gasteiger charge is -2.18. The van der Waals surface area contributed by atoms with Crippen LogP contribution < -0.4 is 9.47 Å². The number of hydrogen-bond acceptors (Lipinski definition) is 5. The lowest BCUT2D eigenvalue weighted by molar-refractivity contribution is 0.0677. The Morgan fingerprint density at radius 3 is 2.62 bits per heavy atom. The maximum absolute atomic E-state index is 12.7. The quantitative estimate of drug-likeness (QED) is 0.855. The van der Waals surface area contributed by atoms with Crippen LogP contribution in [0.25, 0.3) is 0 Å². The summed E-state index contributed by atoms with van der Waals surface area (Å²) in [5.74, 6) is -0.125. The van der Waals surface area contributed by atoms with Gasteiger partial charge in [-0.2, -0.15) is 0 Å². The average molecular weight is 326 g/mol. The number of carbonyl (C=O) groups excluding carboxylic acids is 2. The number of fused-ring (bicyclic) bond motifs is 1. The molecule has 1 aliphatic carbocycles. The molecule has 3 rings (SSSR count). The third kappa shape index (κ3) is 2.67. The Labute approximate surface area is 139 Å². The minimum atomic E-state index is -1.31. The molecule has 2 aromatic carbocycles. The van der Waals surface area contributed by atoms with E-state index in [0.717, 1.165) is 0 Å². The van der Waals surface area contributed by atoms with Gasteiger partial charge in [0.05, 0.1) is 19.8 Å². The first kappa shape index (κ1) is 16.2. The van der Waals surface area contributed by atoms with Crippen molar-refractivity contribution >= 4 is 11.6 Å². The Morgan fingerprint density at radius 2 is 1.92 bits per heavy atom. The number of para-hydroxylation sites is 1. The zero-order chi connectivity index (χ0) is 17.3. The van der Waals surface area contributed by atoms with E-state index in [4.69, 9.17) is 9.47 Å². The highest BCUT2D eigenvalue weighted by molar-refractivity contribution is 6.06. The predicted molar refractivity (Wildman–Crippen MR) is 88.0 cm³/mol. The van der Waals surface area contributed by atoms with E-state index in [2.05, 4.69) is 0 Å². The van der Waals surface area contributed by atoms with Crippen LogP contribution in [0.15, 0.2) is 42.5 Å². The van der Waals surface area contributed by atoms with E-state index in [-0.39, 0.29) is 12.2 Å². The summed E-state index contributed by atoms with van der Waals surface area (Å²) in [4.78, 5) is 24.9. The summed E-state index contributed by atoms with van der Waals surface area (Å²) in [6, 6.07) is 11.9. The summed E-state index contributed by atoms with van der Waals surface area (Å²) in [6.45, 7) is 0. The summed E-state index contributed by atoms with van der Waals surface area (Å²) in [7, 11) is 3.00. The van der Waals surface area contributed by atoms with E-state index in [1.807, 2.05) is 0 Å². The first-order valence-corrected chi connectivity index (χ1v) is 7.63. The fourth-order valence-corrected chi connectivity index (χ4v) is 3.12. The molecule has 0 radical (unpaired) electrons. The predicted octanol–water partition coefficient (Wildman–Crippen LogP) is 2.62. The highest BCUT2D eigenvalue weighted by atomic mass is 16.5.